The van der Waals surface area contributed by atoms with Crippen LogP contribution < -0.4 is 5.32 Å². The number of amides is 1. The quantitative estimate of drug-likeness (QED) is 0.597. The number of unbranched alkanes of at least 4 members (excludes halogenated alkanes) is 3. The first kappa shape index (κ1) is 13.5. The van der Waals surface area contributed by atoms with Gasteiger partial charge in [-0.05, 0) is 19.8 Å². The van der Waals surface area contributed by atoms with Gasteiger partial charge in [-0.3, -0.25) is 4.79 Å². The molecular weight excluding hydrogens is 174 g/mol. The molecule has 14 heavy (non-hydrogen) atoms. The molecule has 0 aliphatic heterocycles. The zero-order chi connectivity index (χ0) is 10.8. The molecule has 0 aromatic carbocycles. The number of carbonyl (C=O) groups excluding carboxylic acids is 1. The maximum Gasteiger partial charge on any atom is 0.220 e. The monoisotopic (exact) mass is 199 g/mol. The zero-order valence-corrected chi connectivity index (χ0v) is 9.94. The highest BCUT2D eigenvalue weighted by Gasteiger charge is 2.05. The van der Waals surface area contributed by atoms with Gasteiger partial charge in [-0.2, -0.15) is 0 Å². The van der Waals surface area contributed by atoms with E-state index in [-0.39, 0.29) is 5.91 Å². The second kappa shape index (κ2) is 9.04. The van der Waals surface area contributed by atoms with Crippen LogP contribution in [-0.2, 0) is 4.79 Å². The second-order valence-corrected chi connectivity index (χ2v) is 4.07. The number of carbonyl (C=O) groups is 1. The smallest absolute Gasteiger partial charge is 0.220 e. The first-order valence-electron chi connectivity index (χ1n) is 6.00. The van der Waals surface area contributed by atoms with Crippen LogP contribution in [0.1, 0.15) is 65.7 Å². The minimum atomic E-state index is 0.218. The molecule has 1 unspecified atom stereocenters. The molecule has 84 valence electrons. The van der Waals surface area contributed by atoms with Crippen molar-refractivity contribution in [1.82, 2.24) is 5.32 Å². The summed E-state index contributed by atoms with van der Waals surface area (Å²) in [5, 5.41) is 3.03. The summed E-state index contributed by atoms with van der Waals surface area (Å²) in [7, 11) is 0. The standard InChI is InChI=1S/C12H25NO/c1-4-6-8-9-11(3)13-12(14)10-7-5-2/h11H,4-10H2,1-3H3,(H,13,14). The average molecular weight is 199 g/mol. The SMILES string of the molecule is CCCCCC(C)NC(=O)CCCC. The third-order valence-corrected chi connectivity index (χ3v) is 2.41. The van der Waals surface area contributed by atoms with Gasteiger partial charge < -0.3 is 5.32 Å². The predicted octanol–water partition coefficient (Wildman–Crippen LogP) is 3.26. The molecule has 1 amide bonds. The van der Waals surface area contributed by atoms with Gasteiger partial charge in [0.2, 0.25) is 5.91 Å². The lowest BCUT2D eigenvalue weighted by atomic mass is 10.1. The van der Waals surface area contributed by atoms with E-state index in [1.807, 2.05) is 0 Å². The molecule has 0 spiro atoms. The first-order chi connectivity index (χ1) is 6.70. The number of hydrogen-bond donors (Lipinski definition) is 1. The topological polar surface area (TPSA) is 29.1 Å². The van der Waals surface area contributed by atoms with Crippen LogP contribution in [0.15, 0.2) is 0 Å². The minimum absolute atomic E-state index is 0.218. The van der Waals surface area contributed by atoms with E-state index in [9.17, 15) is 4.79 Å². The first-order valence-corrected chi connectivity index (χ1v) is 6.00. The Kier molecular flexibility index (Phi) is 8.70. The van der Waals surface area contributed by atoms with Crippen LogP contribution in [0.2, 0.25) is 0 Å². The number of rotatable bonds is 8. The Hall–Kier alpha value is -0.530. The van der Waals surface area contributed by atoms with Crippen molar-refractivity contribution in [2.75, 3.05) is 0 Å². The Morgan fingerprint density at radius 1 is 1.14 bits per heavy atom. The van der Waals surface area contributed by atoms with Crippen molar-refractivity contribution in [2.45, 2.75) is 71.8 Å². The fraction of sp³-hybridized carbons (Fsp3) is 0.917. The highest BCUT2D eigenvalue weighted by molar-refractivity contribution is 5.76. The molecule has 0 radical (unpaired) electrons. The molecule has 0 aromatic rings. The molecule has 1 atom stereocenters. The third-order valence-electron chi connectivity index (χ3n) is 2.41. The Morgan fingerprint density at radius 3 is 2.36 bits per heavy atom. The summed E-state index contributed by atoms with van der Waals surface area (Å²) < 4.78 is 0. The highest BCUT2D eigenvalue weighted by Crippen LogP contribution is 2.03. The van der Waals surface area contributed by atoms with E-state index in [0.717, 1.165) is 19.3 Å². The minimum Gasteiger partial charge on any atom is -0.354 e. The van der Waals surface area contributed by atoms with E-state index in [4.69, 9.17) is 0 Å². The summed E-state index contributed by atoms with van der Waals surface area (Å²) in [5.74, 6) is 0.218. The van der Waals surface area contributed by atoms with Crippen molar-refractivity contribution < 1.29 is 4.79 Å². The van der Waals surface area contributed by atoms with Crippen molar-refractivity contribution in [1.29, 1.82) is 0 Å². The van der Waals surface area contributed by atoms with Gasteiger partial charge in [0.05, 0.1) is 0 Å². The summed E-state index contributed by atoms with van der Waals surface area (Å²) in [4.78, 5) is 11.3. The van der Waals surface area contributed by atoms with Gasteiger partial charge in [0, 0.05) is 12.5 Å². The molecule has 0 saturated heterocycles. The molecule has 0 saturated carbocycles. The Morgan fingerprint density at radius 2 is 1.79 bits per heavy atom. The van der Waals surface area contributed by atoms with Gasteiger partial charge in [0.25, 0.3) is 0 Å². The third kappa shape index (κ3) is 8.09. The van der Waals surface area contributed by atoms with E-state index in [2.05, 4.69) is 26.1 Å². The molecule has 2 nitrogen and oxygen atoms in total. The molecule has 0 aliphatic carbocycles. The molecule has 1 N–H and O–H groups in total. The second-order valence-electron chi connectivity index (χ2n) is 4.07. The van der Waals surface area contributed by atoms with Gasteiger partial charge in [-0.15, -0.1) is 0 Å². The van der Waals surface area contributed by atoms with Crippen LogP contribution in [0.4, 0.5) is 0 Å². The maximum atomic E-state index is 11.3. The lowest BCUT2D eigenvalue weighted by Crippen LogP contribution is -2.32. The summed E-state index contributed by atoms with van der Waals surface area (Å²) >= 11 is 0. The summed E-state index contributed by atoms with van der Waals surface area (Å²) in [6, 6.07) is 0.353. The Labute approximate surface area is 88.5 Å². The van der Waals surface area contributed by atoms with Gasteiger partial charge in [-0.1, -0.05) is 39.5 Å². The van der Waals surface area contributed by atoms with E-state index in [0.29, 0.717) is 12.5 Å². The molecule has 0 aliphatic rings. The van der Waals surface area contributed by atoms with Crippen LogP contribution in [-0.4, -0.2) is 11.9 Å². The Balaban J connectivity index is 3.40. The van der Waals surface area contributed by atoms with E-state index >= 15 is 0 Å². The lowest BCUT2D eigenvalue weighted by Gasteiger charge is -2.13. The van der Waals surface area contributed by atoms with Gasteiger partial charge in [0.15, 0.2) is 0 Å². The van der Waals surface area contributed by atoms with Crippen molar-refractivity contribution in [3.05, 3.63) is 0 Å². The molecular formula is C12H25NO. The number of hydrogen-bond acceptors (Lipinski definition) is 1. The molecule has 0 heterocycles. The van der Waals surface area contributed by atoms with Crippen molar-refractivity contribution >= 4 is 5.91 Å². The maximum absolute atomic E-state index is 11.3. The predicted molar refractivity (Wildman–Crippen MR) is 61.3 cm³/mol. The lowest BCUT2D eigenvalue weighted by molar-refractivity contribution is -0.121. The zero-order valence-electron chi connectivity index (χ0n) is 9.94. The van der Waals surface area contributed by atoms with E-state index in [1.54, 1.807) is 0 Å². The normalized spacial score (nSPS) is 12.5. The molecule has 0 aromatic heterocycles. The van der Waals surface area contributed by atoms with Crippen LogP contribution in [0.3, 0.4) is 0 Å². The Bertz CT molecular complexity index is 145. The van der Waals surface area contributed by atoms with Gasteiger partial charge in [0.1, 0.15) is 0 Å². The van der Waals surface area contributed by atoms with Crippen molar-refractivity contribution in [2.24, 2.45) is 0 Å². The molecule has 2 heteroatoms. The summed E-state index contributed by atoms with van der Waals surface area (Å²) in [6.45, 7) is 6.40. The molecule has 0 fully saturated rings. The van der Waals surface area contributed by atoms with Crippen molar-refractivity contribution in [3.8, 4) is 0 Å². The summed E-state index contributed by atoms with van der Waals surface area (Å²) in [6.07, 6.45) is 7.66. The summed E-state index contributed by atoms with van der Waals surface area (Å²) in [5.41, 5.74) is 0. The van der Waals surface area contributed by atoms with Crippen LogP contribution in [0.5, 0.6) is 0 Å². The van der Waals surface area contributed by atoms with Gasteiger partial charge >= 0.3 is 0 Å². The molecule has 0 rings (SSSR count). The molecule has 0 bridgehead atoms. The van der Waals surface area contributed by atoms with Crippen LogP contribution >= 0.6 is 0 Å². The van der Waals surface area contributed by atoms with Gasteiger partial charge in [-0.25, -0.2) is 0 Å². The fourth-order valence-corrected chi connectivity index (χ4v) is 1.46. The van der Waals surface area contributed by atoms with E-state index < -0.39 is 0 Å². The average Bonchev–Trinajstić information content (AvgIpc) is 2.15. The number of nitrogens with one attached hydrogen (secondary N) is 1. The fourth-order valence-electron chi connectivity index (χ4n) is 1.46. The van der Waals surface area contributed by atoms with Crippen LogP contribution in [0, 0.1) is 0 Å². The van der Waals surface area contributed by atoms with Crippen molar-refractivity contribution in [3.63, 3.8) is 0 Å². The largest absolute Gasteiger partial charge is 0.354 e. The van der Waals surface area contributed by atoms with E-state index in [1.165, 1.54) is 19.3 Å². The highest BCUT2D eigenvalue weighted by atomic mass is 16.1. The van der Waals surface area contributed by atoms with Crippen LogP contribution in [0.25, 0.3) is 0 Å².